The highest BCUT2D eigenvalue weighted by atomic mass is 16.5. The summed E-state index contributed by atoms with van der Waals surface area (Å²) in [5.74, 6) is 1.15. The van der Waals surface area contributed by atoms with E-state index in [9.17, 15) is 4.79 Å². The lowest BCUT2D eigenvalue weighted by atomic mass is 10.1. The average Bonchev–Trinajstić information content (AvgIpc) is 3.25. The minimum atomic E-state index is -0.169. The second kappa shape index (κ2) is 9.62. The normalized spacial score (nSPS) is 13.7. The number of carbonyl (C=O) groups excluding carboxylic acids is 1. The number of fused-ring (bicyclic) bond motifs is 3. The summed E-state index contributed by atoms with van der Waals surface area (Å²) in [7, 11) is 3.71. The van der Waals surface area contributed by atoms with E-state index in [1.807, 2.05) is 66.7 Å². The van der Waals surface area contributed by atoms with E-state index in [4.69, 9.17) is 9.72 Å². The summed E-state index contributed by atoms with van der Waals surface area (Å²) in [6.45, 7) is 2.16. The van der Waals surface area contributed by atoms with E-state index in [0.29, 0.717) is 11.4 Å². The number of rotatable bonds is 5. The first-order valence-electron chi connectivity index (χ1n) is 12.8. The van der Waals surface area contributed by atoms with Crippen LogP contribution in [0.25, 0.3) is 33.1 Å². The minimum absolute atomic E-state index is 0.169. The van der Waals surface area contributed by atoms with E-state index in [0.717, 1.165) is 51.9 Å². The van der Waals surface area contributed by atoms with Crippen molar-refractivity contribution in [1.82, 2.24) is 9.55 Å². The van der Waals surface area contributed by atoms with E-state index in [2.05, 4.69) is 34.0 Å². The number of amides is 1. The number of piperidine rings is 1. The van der Waals surface area contributed by atoms with Crippen LogP contribution in [-0.2, 0) is 7.05 Å². The second-order valence-corrected chi connectivity index (χ2v) is 9.61. The predicted octanol–water partition coefficient (Wildman–Crippen LogP) is 6.64. The number of methoxy groups -OCH3 is 1. The number of nitrogens with zero attached hydrogens (tertiary/aromatic N) is 3. The Morgan fingerprint density at radius 3 is 2.35 bits per heavy atom. The van der Waals surface area contributed by atoms with Gasteiger partial charge in [0.15, 0.2) is 0 Å². The highest BCUT2D eigenvalue weighted by Crippen LogP contribution is 2.36. The number of hydrogen-bond acceptors (Lipinski definition) is 4. The standard InChI is InChI=1S/C31H30N4O2/c1-34-27-9-5-4-8-25(27)26-20-28(32-29(30(26)34)21-12-16-24(37-2)17-13-21)33-31(36)22-10-14-23(15-11-22)35-18-6-3-7-19-35/h4-5,8-17,20H,3,6-7,18-19H2,1-2H3,(H,32,33,36). The largest absolute Gasteiger partial charge is 0.497 e. The van der Waals surface area contributed by atoms with Crippen LogP contribution in [0.5, 0.6) is 5.75 Å². The first kappa shape index (κ1) is 23.1. The van der Waals surface area contributed by atoms with Gasteiger partial charge in [-0.2, -0.15) is 0 Å². The van der Waals surface area contributed by atoms with Crippen molar-refractivity contribution in [2.75, 3.05) is 30.4 Å². The van der Waals surface area contributed by atoms with Gasteiger partial charge in [-0.15, -0.1) is 0 Å². The van der Waals surface area contributed by atoms with Crippen LogP contribution >= 0.6 is 0 Å². The van der Waals surface area contributed by atoms with Crippen molar-refractivity contribution < 1.29 is 9.53 Å². The number of nitrogens with one attached hydrogen (secondary N) is 1. The zero-order valence-electron chi connectivity index (χ0n) is 21.2. The van der Waals surface area contributed by atoms with Crippen LogP contribution in [0.1, 0.15) is 29.6 Å². The van der Waals surface area contributed by atoms with Crippen LogP contribution in [0.3, 0.4) is 0 Å². The van der Waals surface area contributed by atoms with Crippen molar-refractivity contribution >= 4 is 39.2 Å². The van der Waals surface area contributed by atoms with Crippen LogP contribution < -0.4 is 15.0 Å². The number of aromatic nitrogens is 2. The Hall–Kier alpha value is -4.32. The first-order chi connectivity index (χ1) is 18.1. The van der Waals surface area contributed by atoms with E-state index < -0.39 is 0 Å². The molecule has 0 radical (unpaired) electrons. The Bertz CT molecular complexity index is 1580. The molecule has 1 aliphatic rings. The SMILES string of the molecule is COc1ccc(-c2nc(NC(=O)c3ccc(N4CCCCC4)cc3)cc3c4ccccc4n(C)c23)cc1. The van der Waals surface area contributed by atoms with Crippen LogP contribution in [-0.4, -0.2) is 35.7 Å². The average molecular weight is 491 g/mol. The zero-order chi connectivity index (χ0) is 25.4. The summed E-state index contributed by atoms with van der Waals surface area (Å²) < 4.78 is 7.52. The number of hydrogen-bond donors (Lipinski definition) is 1. The lowest BCUT2D eigenvalue weighted by molar-refractivity contribution is 0.102. The Morgan fingerprint density at radius 2 is 1.62 bits per heavy atom. The molecule has 0 saturated carbocycles. The Morgan fingerprint density at radius 1 is 0.892 bits per heavy atom. The number of aryl methyl sites for hydroxylation is 1. The van der Waals surface area contributed by atoms with Crippen LogP contribution in [0, 0.1) is 0 Å². The summed E-state index contributed by atoms with van der Waals surface area (Å²) in [4.78, 5) is 20.6. The molecule has 186 valence electrons. The highest BCUT2D eigenvalue weighted by Gasteiger charge is 2.18. The van der Waals surface area contributed by atoms with E-state index >= 15 is 0 Å². The number of anilines is 2. The van der Waals surface area contributed by atoms with Gasteiger partial charge in [0.05, 0.1) is 18.3 Å². The van der Waals surface area contributed by atoms with Crippen molar-refractivity contribution in [3.05, 3.63) is 84.4 Å². The summed E-state index contributed by atoms with van der Waals surface area (Å²) >= 11 is 0. The number of para-hydroxylation sites is 1. The van der Waals surface area contributed by atoms with Gasteiger partial charge in [0, 0.05) is 53.2 Å². The van der Waals surface area contributed by atoms with Gasteiger partial charge < -0.3 is 19.5 Å². The summed E-state index contributed by atoms with van der Waals surface area (Å²) in [5, 5.41) is 5.23. The van der Waals surface area contributed by atoms with Crippen molar-refractivity contribution in [3.63, 3.8) is 0 Å². The quantitative estimate of drug-likeness (QED) is 0.300. The van der Waals surface area contributed by atoms with Gasteiger partial charge in [-0.05, 0) is 79.9 Å². The monoisotopic (exact) mass is 490 g/mol. The molecule has 1 aliphatic heterocycles. The molecule has 3 heterocycles. The van der Waals surface area contributed by atoms with Crippen LogP contribution in [0.4, 0.5) is 11.5 Å². The second-order valence-electron chi connectivity index (χ2n) is 9.61. The minimum Gasteiger partial charge on any atom is -0.497 e. The van der Waals surface area contributed by atoms with Crippen molar-refractivity contribution in [1.29, 1.82) is 0 Å². The van der Waals surface area contributed by atoms with Crippen LogP contribution in [0.15, 0.2) is 78.9 Å². The summed E-state index contributed by atoms with van der Waals surface area (Å²) in [6, 6.07) is 26.0. The van der Waals surface area contributed by atoms with Gasteiger partial charge in [0.25, 0.3) is 5.91 Å². The Balaban J connectivity index is 1.38. The topological polar surface area (TPSA) is 59.4 Å². The molecule has 0 bridgehead atoms. The number of pyridine rings is 1. The molecule has 1 saturated heterocycles. The molecular weight excluding hydrogens is 460 g/mol. The van der Waals surface area contributed by atoms with E-state index in [1.54, 1.807) is 7.11 Å². The van der Waals surface area contributed by atoms with Gasteiger partial charge in [-0.3, -0.25) is 4.79 Å². The molecule has 3 aromatic carbocycles. The molecule has 0 unspecified atom stereocenters. The molecule has 1 amide bonds. The van der Waals surface area contributed by atoms with Gasteiger partial charge in [-0.1, -0.05) is 18.2 Å². The molecule has 0 spiro atoms. The molecular formula is C31H30N4O2. The molecule has 0 aliphatic carbocycles. The highest BCUT2D eigenvalue weighted by molar-refractivity contribution is 6.14. The molecule has 6 nitrogen and oxygen atoms in total. The van der Waals surface area contributed by atoms with Crippen molar-refractivity contribution in [2.24, 2.45) is 7.05 Å². The number of benzene rings is 3. The van der Waals surface area contributed by atoms with Crippen molar-refractivity contribution in [3.8, 4) is 17.0 Å². The Labute approximate surface area is 216 Å². The molecule has 1 fully saturated rings. The van der Waals surface area contributed by atoms with Gasteiger partial charge in [0.2, 0.25) is 0 Å². The first-order valence-corrected chi connectivity index (χ1v) is 12.8. The fraction of sp³-hybridized carbons (Fsp3) is 0.226. The third kappa shape index (κ3) is 4.29. The third-order valence-corrected chi connectivity index (χ3v) is 7.34. The molecule has 37 heavy (non-hydrogen) atoms. The van der Waals surface area contributed by atoms with Crippen molar-refractivity contribution in [2.45, 2.75) is 19.3 Å². The number of carbonyl (C=O) groups is 1. The molecule has 1 N–H and O–H groups in total. The zero-order valence-corrected chi connectivity index (χ0v) is 21.2. The summed E-state index contributed by atoms with van der Waals surface area (Å²) in [5.41, 5.74) is 5.70. The summed E-state index contributed by atoms with van der Waals surface area (Å²) in [6.07, 6.45) is 3.74. The smallest absolute Gasteiger partial charge is 0.256 e. The fourth-order valence-electron chi connectivity index (χ4n) is 5.38. The van der Waals surface area contributed by atoms with E-state index in [1.165, 1.54) is 24.9 Å². The number of ether oxygens (including phenoxy) is 1. The molecule has 0 atom stereocenters. The lowest BCUT2D eigenvalue weighted by Crippen LogP contribution is -2.29. The third-order valence-electron chi connectivity index (χ3n) is 7.34. The maximum absolute atomic E-state index is 13.3. The maximum Gasteiger partial charge on any atom is 0.256 e. The molecule has 2 aromatic heterocycles. The molecule has 5 aromatic rings. The fourth-order valence-corrected chi connectivity index (χ4v) is 5.38. The lowest BCUT2D eigenvalue weighted by Gasteiger charge is -2.28. The van der Waals surface area contributed by atoms with Crippen LogP contribution in [0.2, 0.25) is 0 Å². The Kier molecular flexibility index (Phi) is 6.01. The molecule has 6 heteroatoms. The van der Waals surface area contributed by atoms with Gasteiger partial charge in [-0.25, -0.2) is 4.98 Å². The maximum atomic E-state index is 13.3. The predicted molar refractivity (Wildman–Crippen MR) is 151 cm³/mol. The molecule has 6 rings (SSSR count). The van der Waals surface area contributed by atoms with Gasteiger partial charge in [0.1, 0.15) is 11.6 Å². The van der Waals surface area contributed by atoms with Gasteiger partial charge >= 0.3 is 0 Å². The van der Waals surface area contributed by atoms with E-state index in [-0.39, 0.29) is 5.91 Å².